The van der Waals surface area contributed by atoms with Crippen molar-refractivity contribution in [2.75, 3.05) is 12.0 Å². The van der Waals surface area contributed by atoms with E-state index in [2.05, 4.69) is 9.89 Å². The average Bonchev–Trinajstić information content (AvgIpc) is 3.04. The van der Waals surface area contributed by atoms with E-state index < -0.39 is 17.5 Å². The number of oxime groups is 1. The van der Waals surface area contributed by atoms with Gasteiger partial charge in [0, 0.05) is 0 Å². The standard InChI is InChI=1S/C16H16N2O5/c1-9-4-5-11(6-10(9)2)18-13(19)8-16(15(18)21)7-12(17-23-16)14(20)22-3/h4-6H,7-8H2,1-3H3. The van der Waals surface area contributed by atoms with Gasteiger partial charge in [0.15, 0.2) is 5.71 Å². The molecule has 1 spiro atoms. The van der Waals surface area contributed by atoms with Crippen LogP contribution in [0.25, 0.3) is 0 Å². The van der Waals surface area contributed by atoms with Gasteiger partial charge >= 0.3 is 5.97 Å². The van der Waals surface area contributed by atoms with Crippen LogP contribution in [0.15, 0.2) is 23.4 Å². The Hall–Kier alpha value is -2.70. The minimum absolute atomic E-state index is 0.00980. The second-order valence-corrected chi connectivity index (χ2v) is 5.77. The number of esters is 1. The summed E-state index contributed by atoms with van der Waals surface area (Å²) in [6.07, 6.45) is -0.214. The molecule has 0 saturated carbocycles. The van der Waals surface area contributed by atoms with Crippen LogP contribution in [0.4, 0.5) is 5.69 Å². The molecule has 7 nitrogen and oxygen atoms in total. The van der Waals surface area contributed by atoms with Gasteiger partial charge in [-0.2, -0.15) is 0 Å². The van der Waals surface area contributed by atoms with Gasteiger partial charge in [0.25, 0.3) is 5.91 Å². The molecule has 0 aliphatic carbocycles. The molecule has 1 aromatic carbocycles. The van der Waals surface area contributed by atoms with E-state index in [1.54, 1.807) is 12.1 Å². The lowest BCUT2D eigenvalue weighted by atomic mass is 9.95. The minimum Gasteiger partial charge on any atom is -0.464 e. The summed E-state index contributed by atoms with van der Waals surface area (Å²) in [4.78, 5) is 42.9. The molecule has 2 heterocycles. The molecule has 0 N–H and O–H groups in total. The van der Waals surface area contributed by atoms with Gasteiger partial charge in [0.05, 0.1) is 25.6 Å². The third-order valence-corrected chi connectivity index (χ3v) is 4.23. The number of carbonyl (C=O) groups excluding carboxylic acids is 3. The molecule has 1 saturated heterocycles. The van der Waals surface area contributed by atoms with Crippen molar-refractivity contribution < 1.29 is 24.0 Å². The molecule has 2 amide bonds. The fourth-order valence-electron chi connectivity index (χ4n) is 2.76. The molecule has 2 aliphatic rings. The number of rotatable bonds is 2. The highest BCUT2D eigenvalue weighted by Crippen LogP contribution is 2.38. The summed E-state index contributed by atoms with van der Waals surface area (Å²) in [7, 11) is 1.22. The van der Waals surface area contributed by atoms with Gasteiger partial charge in [-0.1, -0.05) is 11.2 Å². The predicted molar refractivity (Wildman–Crippen MR) is 80.9 cm³/mol. The van der Waals surface area contributed by atoms with Crippen LogP contribution in [-0.4, -0.2) is 36.2 Å². The largest absolute Gasteiger partial charge is 0.464 e. The van der Waals surface area contributed by atoms with Crippen molar-refractivity contribution in [3.05, 3.63) is 29.3 Å². The van der Waals surface area contributed by atoms with Crippen LogP contribution in [0, 0.1) is 13.8 Å². The van der Waals surface area contributed by atoms with E-state index in [0.29, 0.717) is 5.69 Å². The van der Waals surface area contributed by atoms with Gasteiger partial charge in [0.2, 0.25) is 11.5 Å². The zero-order valence-corrected chi connectivity index (χ0v) is 13.1. The molecular formula is C16H16N2O5. The van der Waals surface area contributed by atoms with Crippen LogP contribution >= 0.6 is 0 Å². The van der Waals surface area contributed by atoms with Gasteiger partial charge in [-0.25, -0.2) is 9.69 Å². The Kier molecular flexibility index (Phi) is 3.43. The molecule has 1 atom stereocenters. The van der Waals surface area contributed by atoms with E-state index in [1.807, 2.05) is 19.9 Å². The summed E-state index contributed by atoms with van der Waals surface area (Å²) in [5, 5.41) is 3.63. The maximum Gasteiger partial charge on any atom is 0.356 e. The summed E-state index contributed by atoms with van der Waals surface area (Å²) < 4.78 is 4.58. The van der Waals surface area contributed by atoms with Gasteiger partial charge in [-0.3, -0.25) is 9.59 Å². The highest BCUT2D eigenvalue weighted by atomic mass is 16.7. The number of benzene rings is 1. The topological polar surface area (TPSA) is 85.3 Å². The Labute approximate surface area is 132 Å². The van der Waals surface area contributed by atoms with Crippen molar-refractivity contribution >= 4 is 29.2 Å². The monoisotopic (exact) mass is 316 g/mol. The first-order valence-corrected chi connectivity index (χ1v) is 7.16. The Balaban J connectivity index is 1.89. The van der Waals surface area contributed by atoms with Crippen molar-refractivity contribution in [3.63, 3.8) is 0 Å². The molecule has 1 aromatic rings. The van der Waals surface area contributed by atoms with Crippen molar-refractivity contribution in [2.24, 2.45) is 5.16 Å². The average molecular weight is 316 g/mol. The Morgan fingerprint density at radius 1 is 1.26 bits per heavy atom. The number of hydrogen-bond donors (Lipinski definition) is 0. The van der Waals surface area contributed by atoms with Gasteiger partial charge in [-0.05, 0) is 37.1 Å². The van der Waals surface area contributed by atoms with Crippen LogP contribution in [-0.2, 0) is 24.0 Å². The molecule has 0 bridgehead atoms. The molecule has 1 fully saturated rings. The van der Waals surface area contributed by atoms with E-state index in [0.717, 1.165) is 16.0 Å². The van der Waals surface area contributed by atoms with E-state index in [1.165, 1.54) is 7.11 Å². The Morgan fingerprint density at radius 3 is 2.65 bits per heavy atom. The maximum atomic E-state index is 12.7. The summed E-state index contributed by atoms with van der Waals surface area (Å²) >= 11 is 0. The van der Waals surface area contributed by atoms with Crippen LogP contribution in [0.3, 0.4) is 0 Å². The highest BCUT2D eigenvalue weighted by Gasteiger charge is 2.58. The second-order valence-electron chi connectivity index (χ2n) is 5.77. The van der Waals surface area contributed by atoms with E-state index in [9.17, 15) is 14.4 Å². The number of aryl methyl sites for hydroxylation is 2. The number of methoxy groups -OCH3 is 1. The first-order chi connectivity index (χ1) is 10.9. The fraction of sp³-hybridized carbons (Fsp3) is 0.375. The number of nitrogens with zero attached hydrogens (tertiary/aromatic N) is 2. The van der Waals surface area contributed by atoms with Crippen LogP contribution in [0.5, 0.6) is 0 Å². The Bertz CT molecular complexity index is 755. The zero-order chi connectivity index (χ0) is 16.8. The summed E-state index contributed by atoms with van der Waals surface area (Å²) in [5.74, 6) is -1.54. The summed E-state index contributed by atoms with van der Waals surface area (Å²) in [6.45, 7) is 3.86. The van der Waals surface area contributed by atoms with Crippen LogP contribution in [0.2, 0.25) is 0 Å². The number of imide groups is 1. The normalized spacial score (nSPS) is 23.3. The SMILES string of the molecule is COC(=O)C1=NOC2(CC(=O)N(c3ccc(C)c(C)c3)C2=O)C1. The molecule has 0 aromatic heterocycles. The molecule has 3 rings (SSSR count). The third-order valence-electron chi connectivity index (χ3n) is 4.23. The predicted octanol–water partition coefficient (Wildman–Crippen LogP) is 1.25. The third kappa shape index (κ3) is 2.28. The first kappa shape index (κ1) is 15.2. The quantitative estimate of drug-likeness (QED) is 0.605. The minimum atomic E-state index is -1.43. The number of ether oxygens (including phenoxy) is 1. The smallest absolute Gasteiger partial charge is 0.356 e. The summed E-state index contributed by atoms with van der Waals surface area (Å²) in [6, 6.07) is 5.34. The molecule has 7 heteroatoms. The zero-order valence-electron chi connectivity index (χ0n) is 13.1. The van der Waals surface area contributed by atoms with Gasteiger partial charge in [0.1, 0.15) is 0 Å². The number of anilines is 1. The lowest BCUT2D eigenvalue weighted by Gasteiger charge is -2.19. The first-order valence-electron chi connectivity index (χ1n) is 7.16. The number of hydrogen-bond acceptors (Lipinski definition) is 6. The molecule has 2 aliphatic heterocycles. The highest BCUT2D eigenvalue weighted by molar-refractivity contribution is 6.38. The maximum absolute atomic E-state index is 12.7. The molecule has 1 unspecified atom stereocenters. The van der Waals surface area contributed by atoms with Gasteiger partial charge in [-0.15, -0.1) is 0 Å². The van der Waals surface area contributed by atoms with E-state index in [4.69, 9.17) is 4.84 Å². The van der Waals surface area contributed by atoms with E-state index in [-0.39, 0.29) is 24.5 Å². The number of carbonyl (C=O) groups is 3. The molecule has 120 valence electrons. The molecular weight excluding hydrogens is 300 g/mol. The van der Waals surface area contributed by atoms with Crippen molar-refractivity contribution in [3.8, 4) is 0 Å². The molecule has 0 radical (unpaired) electrons. The lowest BCUT2D eigenvalue weighted by molar-refractivity contribution is -0.136. The van der Waals surface area contributed by atoms with E-state index >= 15 is 0 Å². The van der Waals surface area contributed by atoms with Crippen molar-refractivity contribution in [1.82, 2.24) is 0 Å². The number of amides is 2. The van der Waals surface area contributed by atoms with Crippen LogP contribution in [0.1, 0.15) is 24.0 Å². The van der Waals surface area contributed by atoms with Crippen LogP contribution < -0.4 is 4.90 Å². The summed E-state index contributed by atoms with van der Waals surface area (Å²) in [5.41, 5.74) is 1.11. The van der Waals surface area contributed by atoms with Crippen molar-refractivity contribution in [2.45, 2.75) is 32.3 Å². The van der Waals surface area contributed by atoms with Gasteiger partial charge < -0.3 is 9.57 Å². The Morgan fingerprint density at radius 2 is 2.00 bits per heavy atom. The molecule has 23 heavy (non-hydrogen) atoms. The fourth-order valence-corrected chi connectivity index (χ4v) is 2.76. The second kappa shape index (κ2) is 5.19. The lowest BCUT2D eigenvalue weighted by Crippen LogP contribution is -2.41. The van der Waals surface area contributed by atoms with Crippen molar-refractivity contribution in [1.29, 1.82) is 0 Å².